The number of nitrogens with zero attached hydrogens (tertiary/aromatic N) is 2. The van der Waals surface area contributed by atoms with E-state index in [9.17, 15) is 4.79 Å². The first-order valence-corrected chi connectivity index (χ1v) is 8.09. The summed E-state index contributed by atoms with van der Waals surface area (Å²) >= 11 is 1.64. The third-order valence-electron chi connectivity index (χ3n) is 3.78. The standard InChI is InChI=1S/C17H19N3OS/c1-11-16(22-12(2)19-11)9-18-17(21)8-13-10-20(3)15-7-5-4-6-14(13)15/h4-7,10H,8-9H2,1-3H3,(H,18,21). The lowest BCUT2D eigenvalue weighted by Gasteiger charge is -2.03. The zero-order valence-corrected chi connectivity index (χ0v) is 13.8. The van der Waals surface area contributed by atoms with Gasteiger partial charge in [0.2, 0.25) is 5.91 Å². The Hall–Kier alpha value is -2.14. The highest BCUT2D eigenvalue weighted by Crippen LogP contribution is 2.21. The van der Waals surface area contributed by atoms with Crippen LogP contribution in [0.2, 0.25) is 0 Å². The summed E-state index contributed by atoms with van der Waals surface area (Å²) < 4.78 is 2.06. The van der Waals surface area contributed by atoms with Gasteiger partial charge in [-0.3, -0.25) is 4.79 Å². The van der Waals surface area contributed by atoms with Crippen molar-refractivity contribution >= 4 is 28.1 Å². The molecule has 2 aromatic heterocycles. The lowest BCUT2D eigenvalue weighted by Crippen LogP contribution is -2.24. The van der Waals surface area contributed by atoms with Gasteiger partial charge in [-0.25, -0.2) is 4.98 Å². The number of aromatic nitrogens is 2. The lowest BCUT2D eigenvalue weighted by molar-refractivity contribution is -0.120. The molecule has 0 aliphatic heterocycles. The zero-order chi connectivity index (χ0) is 15.7. The highest BCUT2D eigenvalue weighted by atomic mass is 32.1. The van der Waals surface area contributed by atoms with Gasteiger partial charge in [0.15, 0.2) is 0 Å². The van der Waals surface area contributed by atoms with Crippen molar-refractivity contribution in [1.29, 1.82) is 0 Å². The van der Waals surface area contributed by atoms with E-state index >= 15 is 0 Å². The molecule has 0 atom stereocenters. The minimum Gasteiger partial charge on any atom is -0.351 e. The molecule has 0 radical (unpaired) electrons. The van der Waals surface area contributed by atoms with Crippen LogP contribution in [0.4, 0.5) is 0 Å². The number of nitrogens with one attached hydrogen (secondary N) is 1. The van der Waals surface area contributed by atoms with Crippen molar-refractivity contribution in [2.24, 2.45) is 7.05 Å². The molecule has 0 fully saturated rings. The first-order valence-electron chi connectivity index (χ1n) is 7.27. The van der Waals surface area contributed by atoms with Gasteiger partial charge in [0.1, 0.15) is 0 Å². The van der Waals surface area contributed by atoms with Crippen molar-refractivity contribution in [3.8, 4) is 0 Å². The van der Waals surface area contributed by atoms with Crippen LogP contribution in [-0.4, -0.2) is 15.5 Å². The number of fused-ring (bicyclic) bond motifs is 1. The van der Waals surface area contributed by atoms with Crippen LogP contribution in [0.5, 0.6) is 0 Å². The van der Waals surface area contributed by atoms with Crippen molar-refractivity contribution < 1.29 is 4.79 Å². The third kappa shape index (κ3) is 2.90. The zero-order valence-electron chi connectivity index (χ0n) is 13.0. The predicted octanol–water partition coefficient (Wildman–Crippen LogP) is 3.11. The normalized spacial score (nSPS) is 11.0. The Morgan fingerprint density at radius 2 is 2.09 bits per heavy atom. The first-order chi connectivity index (χ1) is 10.5. The highest BCUT2D eigenvalue weighted by Gasteiger charge is 2.11. The molecule has 5 heteroatoms. The number of thiazole rings is 1. The van der Waals surface area contributed by atoms with E-state index in [1.54, 1.807) is 11.3 Å². The number of aryl methyl sites for hydroxylation is 3. The Morgan fingerprint density at radius 1 is 1.32 bits per heavy atom. The smallest absolute Gasteiger partial charge is 0.224 e. The average molecular weight is 313 g/mol. The van der Waals surface area contributed by atoms with E-state index in [1.165, 1.54) is 0 Å². The number of rotatable bonds is 4. The maximum Gasteiger partial charge on any atom is 0.224 e. The third-order valence-corrected chi connectivity index (χ3v) is 4.85. The molecule has 0 unspecified atom stereocenters. The molecule has 0 aliphatic carbocycles. The van der Waals surface area contributed by atoms with Crippen LogP contribution >= 0.6 is 11.3 Å². The second-order valence-corrected chi connectivity index (χ2v) is 6.77. The summed E-state index contributed by atoms with van der Waals surface area (Å²) in [7, 11) is 2.01. The Labute approximate surface area is 133 Å². The Balaban J connectivity index is 1.70. The number of para-hydroxylation sites is 1. The summed E-state index contributed by atoms with van der Waals surface area (Å²) in [6, 6.07) is 8.16. The van der Waals surface area contributed by atoms with Crippen molar-refractivity contribution in [2.45, 2.75) is 26.8 Å². The number of amides is 1. The van der Waals surface area contributed by atoms with Crippen LogP contribution in [0.3, 0.4) is 0 Å². The van der Waals surface area contributed by atoms with E-state index in [4.69, 9.17) is 0 Å². The molecule has 2 heterocycles. The van der Waals surface area contributed by atoms with E-state index < -0.39 is 0 Å². The van der Waals surface area contributed by atoms with Gasteiger partial charge < -0.3 is 9.88 Å². The lowest BCUT2D eigenvalue weighted by atomic mass is 10.1. The van der Waals surface area contributed by atoms with Gasteiger partial charge in [0.05, 0.1) is 23.7 Å². The fourth-order valence-corrected chi connectivity index (χ4v) is 3.60. The predicted molar refractivity (Wildman–Crippen MR) is 90.1 cm³/mol. The van der Waals surface area contributed by atoms with Crippen molar-refractivity contribution in [1.82, 2.24) is 14.9 Å². The molecule has 1 amide bonds. The van der Waals surface area contributed by atoms with Gasteiger partial charge in [-0.15, -0.1) is 11.3 Å². The van der Waals surface area contributed by atoms with E-state index in [2.05, 4.69) is 27.0 Å². The second-order valence-electron chi connectivity index (χ2n) is 5.48. The molecule has 114 valence electrons. The molecule has 0 aliphatic rings. The first kappa shape index (κ1) is 14.8. The largest absolute Gasteiger partial charge is 0.351 e. The van der Waals surface area contributed by atoms with Crippen LogP contribution in [-0.2, 0) is 24.8 Å². The average Bonchev–Trinajstić information content (AvgIpc) is 2.97. The minimum atomic E-state index is 0.0433. The maximum absolute atomic E-state index is 12.2. The monoisotopic (exact) mass is 313 g/mol. The summed E-state index contributed by atoms with van der Waals surface area (Å²) in [6.45, 7) is 4.52. The number of carbonyl (C=O) groups excluding carboxylic acids is 1. The molecule has 1 N–H and O–H groups in total. The number of hydrogen-bond donors (Lipinski definition) is 1. The minimum absolute atomic E-state index is 0.0433. The summed E-state index contributed by atoms with van der Waals surface area (Å²) in [5.41, 5.74) is 3.22. The topological polar surface area (TPSA) is 46.9 Å². The van der Waals surface area contributed by atoms with Gasteiger partial charge in [-0.05, 0) is 25.5 Å². The number of hydrogen-bond acceptors (Lipinski definition) is 3. The summed E-state index contributed by atoms with van der Waals surface area (Å²) in [5.74, 6) is 0.0433. The molecule has 0 saturated carbocycles. The maximum atomic E-state index is 12.2. The SMILES string of the molecule is Cc1nc(C)c(CNC(=O)Cc2cn(C)c3ccccc23)s1. The van der Waals surface area contributed by atoms with Crippen LogP contribution in [0, 0.1) is 13.8 Å². The Morgan fingerprint density at radius 3 is 2.82 bits per heavy atom. The van der Waals surface area contributed by atoms with E-state index in [0.717, 1.165) is 32.0 Å². The quantitative estimate of drug-likeness (QED) is 0.804. The Kier molecular flexibility index (Phi) is 3.98. The number of carbonyl (C=O) groups is 1. The van der Waals surface area contributed by atoms with Crippen LogP contribution in [0.25, 0.3) is 10.9 Å². The van der Waals surface area contributed by atoms with E-state index in [-0.39, 0.29) is 5.91 Å². The highest BCUT2D eigenvalue weighted by molar-refractivity contribution is 7.11. The van der Waals surface area contributed by atoms with Crippen LogP contribution < -0.4 is 5.32 Å². The summed E-state index contributed by atoms with van der Waals surface area (Å²) in [4.78, 5) is 17.7. The molecule has 22 heavy (non-hydrogen) atoms. The molecular weight excluding hydrogens is 294 g/mol. The summed E-state index contributed by atoms with van der Waals surface area (Å²) in [5, 5.41) is 5.18. The second kappa shape index (κ2) is 5.93. The van der Waals surface area contributed by atoms with Crippen molar-refractivity contribution in [2.75, 3.05) is 0 Å². The molecule has 3 rings (SSSR count). The number of benzene rings is 1. The molecule has 3 aromatic rings. The van der Waals surface area contributed by atoms with Gasteiger partial charge in [-0.2, -0.15) is 0 Å². The van der Waals surface area contributed by atoms with Crippen molar-refractivity contribution in [3.63, 3.8) is 0 Å². The molecular formula is C17H19N3OS. The van der Waals surface area contributed by atoms with E-state index in [1.807, 2.05) is 39.2 Å². The molecule has 4 nitrogen and oxygen atoms in total. The molecule has 0 spiro atoms. The fourth-order valence-electron chi connectivity index (χ4n) is 2.72. The molecule has 0 saturated heterocycles. The molecule has 0 bridgehead atoms. The van der Waals surface area contributed by atoms with E-state index in [0.29, 0.717) is 13.0 Å². The van der Waals surface area contributed by atoms with Crippen LogP contribution in [0.15, 0.2) is 30.5 Å². The van der Waals surface area contributed by atoms with Gasteiger partial charge in [0.25, 0.3) is 0 Å². The van der Waals surface area contributed by atoms with Gasteiger partial charge in [0, 0.05) is 29.0 Å². The van der Waals surface area contributed by atoms with Crippen molar-refractivity contribution in [3.05, 3.63) is 51.6 Å². The van der Waals surface area contributed by atoms with Crippen LogP contribution in [0.1, 0.15) is 21.1 Å². The fraction of sp³-hybridized carbons (Fsp3) is 0.294. The molecule has 1 aromatic carbocycles. The Bertz CT molecular complexity index is 832. The summed E-state index contributed by atoms with van der Waals surface area (Å²) in [6.07, 6.45) is 2.44. The van der Waals surface area contributed by atoms with Gasteiger partial charge in [-0.1, -0.05) is 18.2 Å². The van der Waals surface area contributed by atoms with Gasteiger partial charge >= 0.3 is 0 Å².